The number of rotatable bonds is 5. The van der Waals surface area contributed by atoms with Crippen LogP contribution in [0.3, 0.4) is 0 Å². The number of para-hydroxylation sites is 1. The summed E-state index contributed by atoms with van der Waals surface area (Å²) in [5, 5.41) is 2.18. The molecular weight excluding hydrogens is 496 g/mol. The van der Waals surface area contributed by atoms with E-state index in [4.69, 9.17) is 0 Å². The highest BCUT2D eigenvalue weighted by molar-refractivity contribution is 9.10. The van der Waals surface area contributed by atoms with Crippen molar-refractivity contribution in [1.29, 1.82) is 0 Å². The Hall–Kier alpha value is -3.35. The molecule has 4 nitrogen and oxygen atoms in total. The average Bonchev–Trinajstić information content (AvgIpc) is 3.14. The molecule has 6 heteroatoms. The molecule has 0 bridgehead atoms. The van der Waals surface area contributed by atoms with Crippen LogP contribution in [0.5, 0.6) is 0 Å². The normalized spacial score (nSPS) is 12.4. The van der Waals surface area contributed by atoms with Crippen LogP contribution in [0.1, 0.15) is 11.1 Å². The molecule has 0 saturated carbocycles. The van der Waals surface area contributed by atoms with E-state index < -0.39 is 10.0 Å². The van der Waals surface area contributed by atoms with Crippen molar-refractivity contribution in [3.05, 3.63) is 119 Å². The Bertz CT molecular complexity index is 1600. The largest absolute Gasteiger partial charge is 0.307 e. The van der Waals surface area contributed by atoms with E-state index in [1.807, 2.05) is 61.5 Å². The summed E-state index contributed by atoms with van der Waals surface area (Å²) < 4.78 is 31.9. The Balaban J connectivity index is 1.73. The molecule has 0 unspecified atom stereocenters. The Morgan fingerprint density at radius 2 is 1.48 bits per heavy atom. The van der Waals surface area contributed by atoms with Gasteiger partial charge in [-0.2, -0.15) is 0 Å². The van der Waals surface area contributed by atoms with Crippen LogP contribution >= 0.6 is 15.9 Å². The molecule has 5 aromatic rings. The fourth-order valence-corrected chi connectivity index (χ4v) is 5.27. The zero-order valence-corrected chi connectivity index (χ0v) is 20.3. The van der Waals surface area contributed by atoms with Gasteiger partial charge in [-0.05, 0) is 43.3 Å². The number of benzene rings is 4. The number of halogens is 1. The first-order valence-electron chi connectivity index (χ1n) is 10.5. The summed E-state index contributed by atoms with van der Waals surface area (Å²) >= 11 is 3.58. The molecule has 0 spiro atoms. The van der Waals surface area contributed by atoms with Gasteiger partial charge in [-0.3, -0.25) is 4.72 Å². The molecule has 1 N–H and O–H groups in total. The lowest BCUT2D eigenvalue weighted by molar-refractivity contribution is 0.590. The molecule has 0 atom stereocenters. The summed E-state index contributed by atoms with van der Waals surface area (Å²) in [6.45, 7) is 1.93. The van der Waals surface area contributed by atoms with Gasteiger partial charge in [-0.25, -0.2) is 8.42 Å². The third-order valence-electron chi connectivity index (χ3n) is 5.63. The Morgan fingerprint density at radius 1 is 0.818 bits per heavy atom. The van der Waals surface area contributed by atoms with Gasteiger partial charge in [-0.1, -0.05) is 82.2 Å². The maximum atomic E-state index is 13.0. The van der Waals surface area contributed by atoms with Gasteiger partial charge in [0, 0.05) is 27.0 Å². The smallest absolute Gasteiger partial charge is 0.261 e. The van der Waals surface area contributed by atoms with Crippen molar-refractivity contribution in [3.63, 3.8) is 0 Å². The number of nitrogens with one attached hydrogen (secondary N) is 1. The standard InChI is InChI=1S/C27H21BrN2O2S/c1-19-11-14-22(15-12-19)33(31,32)29-18-27(20-7-3-2-4-8-20)30-25-10-6-5-9-23(25)24-17-21(28)13-16-26(24)30/h2-18,29H,1H3/b27-18-. The fourth-order valence-electron chi connectivity index (χ4n) is 4.01. The molecule has 5 rings (SSSR count). The number of aryl methyl sites for hydroxylation is 1. The molecule has 164 valence electrons. The van der Waals surface area contributed by atoms with Crippen molar-refractivity contribution >= 4 is 53.5 Å². The minimum Gasteiger partial charge on any atom is -0.307 e. The summed E-state index contributed by atoms with van der Waals surface area (Å²) in [5.41, 5.74) is 4.62. The van der Waals surface area contributed by atoms with Crippen LogP contribution in [0.15, 0.2) is 113 Å². The van der Waals surface area contributed by atoms with E-state index >= 15 is 0 Å². The van der Waals surface area contributed by atoms with Gasteiger partial charge in [0.25, 0.3) is 10.0 Å². The SMILES string of the molecule is Cc1ccc(S(=O)(=O)N/C=C(/c2ccccc2)n2c3ccccc3c3cc(Br)ccc32)cc1. The second-order valence-electron chi connectivity index (χ2n) is 7.84. The second kappa shape index (κ2) is 8.54. The van der Waals surface area contributed by atoms with Crippen LogP contribution in [0.2, 0.25) is 0 Å². The van der Waals surface area contributed by atoms with E-state index in [2.05, 4.69) is 43.4 Å². The molecule has 0 amide bonds. The van der Waals surface area contributed by atoms with E-state index in [-0.39, 0.29) is 4.90 Å². The average molecular weight is 517 g/mol. The van der Waals surface area contributed by atoms with Gasteiger partial charge in [-0.15, -0.1) is 0 Å². The van der Waals surface area contributed by atoms with Crippen molar-refractivity contribution in [2.24, 2.45) is 0 Å². The summed E-state index contributed by atoms with van der Waals surface area (Å²) in [6.07, 6.45) is 1.58. The Labute approximate surface area is 201 Å². The molecule has 0 aliphatic heterocycles. The monoisotopic (exact) mass is 516 g/mol. The molecule has 0 saturated heterocycles. The summed E-state index contributed by atoms with van der Waals surface area (Å²) in [6, 6.07) is 30.9. The Morgan fingerprint density at radius 3 is 2.24 bits per heavy atom. The number of aromatic nitrogens is 1. The van der Waals surface area contributed by atoms with E-state index in [1.165, 1.54) is 0 Å². The van der Waals surface area contributed by atoms with Gasteiger partial charge in [0.15, 0.2) is 0 Å². The van der Waals surface area contributed by atoms with E-state index in [1.54, 1.807) is 30.5 Å². The molecular formula is C27H21BrN2O2S. The lowest BCUT2D eigenvalue weighted by atomic mass is 10.1. The first kappa shape index (κ1) is 21.5. The van der Waals surface area contributed by atoms with Crippen molar-refractivity contribution in [2.75, 3.05) is 0 Å². The van der Waals surface area contributed by atoms with Crippen LogP contribution in [0.25, 0.3) is 27.5 Å². The predicted molar refractivity (Wildman–Crippen MR) is 138 cm³/mol. The van der Waals surface area contributed by atoms with Gasteiger partial charge >= 0.3 is 0 Å². The molecule has 1 heterocycles. The minimum atomic E-state index is -3.73. The molecule has 0 fully saturated rings. The van der Waals surface area contributed by atoms with Crippen molar-refractivity contribution in [2.45, 2.75) is 11.8 Å². The minimum absolute atomic E-state index is 0.225. The summed E-state index contributed by atoms with van der Waals surface area (Å²) in [5.74, 6) is 0. The van der Waals surface area contributed by atoms with Crippen molar-refractivity contribution < 1.29 is 8.42 Å². The first-order chi connectivity index (χ1) is 15.9. The van der Waals surface area contributed by atoms with Gasteiger partial charge < -0.3 is 4.57 Å². The summed E-state index contributed by atoms with van der Waals surface area (Å²) in [4.78, 5) is 0.225. The topological polar surface area (TPSA) is 51.1 Å². The number of fused-ring (bicyclic) bond motifs is 3. The highest BCUT2D eigenvalue weighted by Gasteiger charge is 2.17. The van der Waals surface area contributed by atoms with Gasteiger partial charge in [0.2, 0.25) is 0 Å². The number of hydrogen-bond donors (Lipinski definition) is 1. The molecule has 0 aliphatic rings. The van der Waals surface area contributed by atoms with E-state index in [0.29, 0.717) is 0 Å². The number of hydrogen-bond acceptors (Lipinski definition) is 2. The first-order valence-corrected chi connectivity index (χ1v) is 12.8. The van der Waals surface area contributed by atoms with Gasteiger partial charge in [0.05, 0.1) is 21.6 Å². The summed E-state index contributed by atoms with van der Waals surface area (Å²) in [7, 11) is -3.73. The van der Waals surface area contributed by atoms with Crippen LogP contribution in [-0.2, 0) is 10.0 Å². The quantitative estimate of drug-likeness (QED) is 0.282. The van der Waals surface area contributed by atoms with Gasteiger partial charge in [0.1, 0.15) is 0 Å². The lowest BCUT2D eigenvalue weighted by Crippen LogP contribution is -2.19. The van der Waals surface area contributed by atoms with E-state index in [9.17, 15) is 8.42 Å². The number of nitrogens with zero attached hydrogens (tertiary/aromatic N) is 1. The second-order valence-corrected chi connectivity index (χ2v) is 10.5. The maximum Gasteiger partial charge on any atom is 0.261 e. The predicted octanol–water partition coefficient (Wildman–Crippen LogP) is 6.69. The molecule has 0 aliphatic carbocycles. The van der Waals surface area contributed by atoms with Crippen LogP contribution in [0, 0.1) is 6.92 Å². The highest BCUT2D eigenvalue weighted by Crippen LogP contribution is 2.35. The van der Waals surface area contributed by atoms with Crippen molar-refractivity contribution in [3.8, 4) is 0 Å². The zero-order chi connectivity index (χ0) is 23.0. The third-order valence-corrected chi connectivity index (χ3v) is 7.44. The molecule has 4 aromatic carbocycles. The number of sulfonamides is 1. The van der Waals surface area contributed by atoms with Crippen molar-refractivity contribution in [1.82, 2.24) is 9.29 Å². The van der Waals surface area contributed by atoms with Crippen LogP contribution in [0.4, 0.5) is 0 Å². The van der Waals surface area contributed by atoms with E-state index in [0.717, 1.165) is 43.1 Å². The Kier molecular flexibility index (Phi) is 5.56. The fraction of sp³-hybridized carbons (Fsp3) is 0.0370. The molecule has 1 aromatic heterocycles. The molecule has 0 radical (unpaired) electrons. The molecule has 33 heavy (non-hydrogen) atoms. The van der Waals surface area contributed by atoms with Crippen LogP contribution in [-0.4, -0.2) is 13.0 Å². The highest BCUT2D eigenvalue weighted by atomic mass is 79.9. The zero-order valence-electron chi connectivity index (χ0n) is 17.9. The lowest BCUT2D eigenvalue weighted by Gasteiger charge is -2.14. The maximum absolute atomic E-state index is 13.0. The third kappa shape index (κ3) is 4.08. The van der Waals surface area contributed by atoms with Crippen LogP contribution < -0.4 is 4.72 Å².